The topological polar surface area (TPSA) is 37.2 Å². The minimum Gasteiger partial charge on any atom is -0.396 e. The van der Waals surface area contributed by atoms with Gasteiger partial charge in [0.05, 0.1) is 0 Å². The summed E-state index contributed by atoms with van der Waals surface area (Å²) in [5.74, 6) is 0.232. The summed E-state index contributed by atoms with van der Waals surface area (Å²) in [5, 5.41) is 14.7. The second-order valence-corrected chi connectivity index (χ2v) is 6.23. The van der Waals surface area contributed by atoms with Crippen molar-refractivity contribution in [2.45, 2.75) is 39.9 Å². The lowest BCUT2D eigenvalue weighted by Crippen LogP contribution is -2.21. The van der Waals surface area contributed by atoms with Gasteiger partial charge in [0.25, 0.3) is 0 Å². The normalized spacial score (nSPS) is 13.3. The summed E-state index contributed by atoms with van der Waals surface area (Å²) >= 11 is 6.12. The van der Waals surface area contributed by atoms with Gasteiger partial charge in [-0.1, -0.05) is 38.4 Å². The highest BCUT2D eigenvalue weighted by molar-refractivity contribution is 6.31. The molecule has 0 aliphatic carbocycles. The van der Waals surface area contributed by atoms with Gasteiger partial charge >= 0.3 is 0 Å². The van der Waals surface area contributed by atoms with Gasteiger partial charge in [-0.25, -0.2) is 0 Å². The zero-order valence-corrected chi connectivity index (χ0v) is 13.1. The lowest BCUT2D eigenvalue weighted by Gasteiger charge is -2.10. The summed E-state index contributed by atoms with van der Waals surface area (Å²) in [5.41, 5.74) is 2.41. The maximum absolute atomic E-state index is 9.25. The van der Waals surface area contributed by atoms with Crippen LogP contribution in [-0.2, 0) is 13.1 Å². The molecule has 0 radical (unpaired) electrons. The zero-order valence-electron chi connectivity index (χ0n) is 12.4. The molecule has 0 fully saturated rings. The number of nitrogens with one attached hydrogen (secondary N) is 1. The second-order valence-electron chi connectivity index (χ2n) is 5.79. The Balaban J connectivity index is 2.37. The molecule has 20 heavy (non-hydrogen) atoms. The molecule has 2 aromatic rings. The van der Waals surface area contributed by atoms with E-state index >= 15 is 0 Å². The molecular formula is C16H23ClN2O. The molecule has 3 nitrogen and oxygen atoms in total. The highest BCUT2D eigenvalue weighted by atomic mass is 35.5. The lowest BCUT2D eigenvalue weighted by molar-refractivity contribution is 0.224. The number of hydrogen-bond acceptors (Lipinski definition) is 2. The van der Waals surface area contributed by atoms with E-state index in [-0.39, 0.29) is 12.5 Å². The van der Waals surface area contributed by atoms with Gasteiger partial charge in [-0.2, -0.15) is 0 Å². The number of halogens is 1. The van der Waals surface area contributed by atoms with Crippen LogP contribution >= 0.6 is 11.6 Å². The van der Waals surface area contributed by atoms with E-state index in [1.165, 1.54) is 10.9 Å². The van der Waals surface area contributed by atoms with E-state index in [1.54, 1.807) is 0 Å². The number of aliphatic hydroxyl groups excluding tert-OH is 1. The fourth-order valence-electron chi connectivity index (χ4n) is 2.34. The average molecular weight is 295 g/mol. The molecule has 4 heteroatoms. The van der Waals surface area contributed by atoms with E-state index in [4.69, 9.17) is 11.6 Å². The first-order valence-electron chi connectivity index (χ1n) is 7.12. The third-order valence-electron chi connectivity index (χ3n) is 3.45. The van der Waals surface area contributed by atoms with Gasteiger partial charge in [0.2, 0.25) is 0 Å². The predicted octanol–water partition coefficient (Wildman–Crippen LogP) is 3.42. The Morgan fingerprint density at radius 2 is 2.05 bits per heavy atom. The van der Waals surface area contributed by atoms with Crippen LogP contribution in [0.25, 0.3) is 10.9 Å². The fraction of sp³-hybridized carbons (Fsp3) is 0.500. The van der Waals surface area contributed by atoms with Crippen molar-refractivity contribution < 1.29 is 5.11 Å². The summed E-state index contributed by atoms with van der Waals surface area (Å²) in [4.78, 5) is 0. The Morgan fingerprint density at radius 1 is 1.30 bits per heavy atom. The van der Waals surface area contributed by atoms with Crippen molar-refractivity contribution in [1.82, 2.24) is 9.88 Å². The summed E-state index contributed by atoms with van der Waals surface area (Å²) in [6.45, 7) is 8.17. The zero-order chi connectivity index (χ0) is 14.7. The summed E-state index contributed by atoms with van der Waals surface area (Å²) < 4.78 is 2.19. The minimum atomic E-state index is 0.194. The summed E-state index contributed by atoms with van der Waals surface area (Å²) in [6.07, 6.45) is 2.17. The molecule has 0 saturated heterocycles. The molecule has 0 saturated carbocycles. The molecule has 1 atom stereocenters. The fourth-order valence-corrected chi connectivity index (χ4v) is 2.51. The molecule has 0 bridgehead atoms. The van der Waals surface area contributed by atoms with Gasteiger partial charge < -0.3 is 15.0 Å². The molecule has 1 unspecified atom stereocenters. The van der Waals surface area contributed by atoms with Crippen LogP contribution in [0.3, 0.4) is 0 Å². The van der Waals surface area contributed by atoms with E-state index < -0.39 is 0 Å². The lowest BCUT2D eigenvalue weighted by atomic mass is 10.1. The van der Waals surface area contributed by atoms with E-state index in [2.05, 4.69) is 36.0 Å². The SMILES string of the molecule is CC(CO)Cn1cc(CNC(C)C)c2ccc(Cl)cc21. The number of aromatic nitrogens is 1. The predicted molar refractivity (Wildman–Crippen MR) is 85.2 cm³/mol. The van der Waals surface area contributed by atoms with Crippen LogP contribution in [0.1, 0.15) is 26.3 Å². The van der Waals surface area contributed by atoms with Crippen molar-refractivity contribution in [2.75, 3.05) is 6.61 Å². The van der Waals surface area contributed by atoms with Crippen LogP contribution in [0.2, 0.25) is 5.02 Å². The molecule has 2 N–H and O–H groups in total. The molecule has 1 heterocycles. The van der Waals surface area contributed by atoms with E-state index in [9.17, 15) is 5.11 Å². The third kappa shape index (κ3) is 3.54. The van der Waals surface area contributed by atoms with Crippen molar-refractivity contribution >= 4 is 22.5 Å². The summed E-state index contributed by atoms with van der Waals surface area (Å²) in [6, 6.07) is 6.47. The quantitative estimate of drug-likeness (QED) is 0.856. The van der Waals surface area contributed by atoms with Crippen LogP contribution in [0.15, 0.2) is 24.4 Å². The van der Waals surface area contributed by atoms with Crippen molar-refractivity contribution in [2.24, 2.45) is 5.92 Å². The number of aliphatic hydroxyl groups is 1. The van der Waals surface area contributed by atoms with E-state index in [1.807, 2.05) is 19.1 Å². The number of fused-ring (bicyclic) bond motifs is 1. The third-order valence-corrected chi connectivity index (χ3v) is 3.68. The maximum Gasteiger partial charge on any atom is 0.0498 e. The van der Waals surface area contributed by atoms with Gasteiger partial charge in [-0.05, 0) is 23.6 Å². The Labute approximate surface area is 125 Å². The number of hydrogen-bond donors (Lipinski definition) is 2. The molecule has 110 valence electrons. The molecule has 0 spiro atoms. The molecule has 1 aromatic heterocycles. The van der Waals surface area contributed by atoms with Crippen molar-refractivity contribution in [3.63, 3.8) is 0 Å². The summed E-state index contributed by atoms with van der Waals surface area (Å²) in [7, 11) is 0. The smallest absolute Gasteiger partial charge is 0.0498 e. The Kier molecular flexibility index (Phi) is 5.08. The largest absolute Gasteiger partial charge is 0.396 e. The van der Waals surface area contributed by atoms with E-state index in [0.29, 0.717) is 6.04 Å². The Hall–Kier alpha value is -1.03. The van der Waals surface area contributed by atoms with Crippen molar-refractivity contribution in [3.05, 3.63) is 35.0 Å². The second kappa shape index (κ2) is 6.61. The highest BCUT2D eigenvalue weighted by Gasteiger charge is 2.11. The first kappa shape index (κ1) is 15.4. The van der Waals surface area contributed by atoms with Gasteiger partial charge in [0.15, 0.2) is 0 Å². The molecule has 0 aliphatic heterocycles. The monoisotopic (exact) mass is 294 g/mol. The van der Waals surface area contributed by atoms with E-state index in [0.717, 1.165) is 23.6 Å². The highest BCUT2D eigenvalue weighted by Crippen LogP contribution is 2.25. The molecule has 1 aromatic carbocycles. The standard InChI is InChI=1S/C16H23ClN2O/c1-11(2)18-7-13-9-19(8-12(3)10-20)16-6-14(17)4-5-15(13)16/h4-6,9,11-12,18,20H,7-8,10H2,1-3H3. The van der Waals surface area contributed by atoms with Crippen LogP contribution in [-0.4, -0.2) is 22.3 Å². The number of benzene rings is 1. The number of nitrogens with zero attached hydrogens (tertiary/aromatic N) is 1. The first-order chi connectivity index (χ1) is 9.51. The van der Waals surface area contributed by atoms with Gasteiger partial charge in [-0.3, -0.25) is 0 Å². The molecule has 0 amide bonds. The van der Waals surface area contributed by atoms with Crippen LogP contribution in [0.4, 0.5) is 0 Å². The molecule has 2 rings (SSSR count). The van der Waals surface area contributed by atoms with Crippen LogP contribution in [0.5, 0.6) is 0 Å². The van der Waals surface area contributed by atoms with Gasteiger partial charge in [-0.15, -0.1) is 0 Å². The van der Waals surface area contributed by atoms with Crippen LogP contribution in [0, 0.1) is 5.92 Å². The van der Waals surface area contributed by atoms with Crippen molar-refractivity contribution in [3.8, 4) is 0 Å². The average Bonchev–Trinajstić information content (AvgIpc) is 2.73. The van der Waals surface area contributed by atoms with Crippen molar-refractivity contribution in [1.29, 1.82) is 0 Å². The minimum absolute atomic E-state index is 0.194. The molecular weight excluding hydrogens is 272 g/mol. The van der Waals surface area contributed by atoms with Gasteiger partial charge in [0, 0.05) is 47.9 Å². The Bertz CT molecular complexity index is 577. The molecule has 0 aliphatic rings. The van der Waals surface area contributed by atoms with Crippen LogP contribution < -0.4 is 5.32 Å². The number of rotatable bonds is 6. The van der Waals surface area contributed by atoms with Gasteiger partial charge in [0.1, 0.15) is 0 Å². The Morgan fingerprint density at radius 3 is 2.70 bits per heavy atom. The first-order valence-corrected chi connectivity index (χ1v) is 7.50. The maximum atomic E-state index is 9.25.